The van der Waals surface area contributed by atoms with Gasteiger partial charge in [0.15, 0.2) is 12.0 Å². The van der Waals surface area contributed by atoms with Crippen molar-refractivity contribution in [2.45, 2.75) is 0 Å². The van der Waals surface area contributed by atoms with E-state index >= 15 is 0 Å². The Morgan fingerprint density at radius 2 is 1.91 bits per heavy atom. The van der Waals surface area contributed by atoms with Crippen molar-refractivity contribution in [3.05, 3.63) is 30.7 Å². The van der Waals surface area contributed by atoms with Gasteiger partial charge in [0.05, 0.1) is 8.41 Å². The number of hydrogen-bond acceptors (Lipinski definition) is 2. The number of hydrogen-bond donors (Lipinski definition) is 0. The molecule has 0 atom stereocenters. The Morgan fingerprint density at radius 3 is 2.64 bits per heavy atom. The number of aromatic nitrogens is 1. The van der Waals surface area contributed by atoms with Crippen molar-refractivity contribution in [2.24, 2.45) is 0 Å². The number of halogens is 1. The Balaban J connectivity index is 0.000000500. The van der Waals surface area contributed by atoms with Gasteiger partial charge in [-0.1, -0.05) is 12.1 Å². The van der Waals surface area contributed by atoms with Gasteiger partial charge in [-0.25, -0.2) is 4.98 Å². The van der Waals surface area contributed by atoms with Crippen LogP contribution in [0.3, 0.4) is 0 Å². The first-order valence-electron chi connectivity index (χ1n) is 2.75. The van der Waals surface area contributed by atoms with Gasteiger partial charge in [-0.15, -0.1) is 0 Å². The minimum atomic E-state index is 0. The first kappa shape index (κ1) is 9.68. The van der Waals surface area contributed by atoms with Crippen LogP contribution < -0.4 is 0 Å². The van der Waals surface area contributed by atoms with Gasteiger partial charge >= 0.3 is 0 Å². The second kappa shape index (κ2) is 3.76. The highest BCUT2D eigenvalue weighted by atomic mass is 19.0. The molecule has 0 aliphatic heterocycles. The summed E-state index contributed by atoms with van der Waals surface area (Å²) in [6, 6.07) is 7.67. The lowest BCUT2D eigenvalue weighted by Crippen LogP contribution is -1.61. The lowest BCUT2D eigenvalue weighted by Gasteiger charge is -1.79. The number of rotatable bonds is 0. The van der Waals surface area contributed by atoms with Crippen molar-refractivity contribution in [2.75, 3.05) is 0 Å². The Bertz CT molecular complexity index is 292. The molecular formula is C7H9BFNO. The van der Waals surface area contributed by atoms with Gasteiger partial charge in [0, 0.05) is 0 Å². The van der Waals surface area contributed by atoms with E-state index in [2.05, 4.69) is 4.98 Å². The Labute approximate surface area is 65.2 Å². The van der Waals surface area contributed by atoms with Gasteiger partial charge in [0.25, 0.3) is 0 Å². The molecule has 1 aromatic heterocycles. The fraction of sp³-hybridized carbons (Fsp3) is 0. The van der Waals surface area contributed by atoms with Crippen molar-refractivity contribution in [3.63, 3.8) is 0 Å². The van der Waals surface area contributed by atoms with Crippen molar-refractivity contribution in [1.29, 1.82) is 0 Å². The zero-order valence-electron chi connectivity index (χ0n) is 5.15. The van der Waals surface area contributed by atoms with Gasteiger partial charge in [0.2, 0.25) is 0 Å². The van der Waals surface area contributed by atoms with E-state index < -0.39 is 0 Å². The van der Waals surface area contributed by atoms with Crippen LogP contribution >= 0.6 is 0 Å². The topological polar surface area (TPSA) is 26.0 Å². The van der Waals surface area contributed by atoms with Crippen LogP contribution in [0.15, 0.2) is 35.1 Å². The van der Waals surface area contributed by atoms with Crippen LogP contribution in [0.1, 0.15) is 0 Å². The fourth-order valence-corrected chi connectivity index (χ4v) is 0.803. The van der Waals surface area contributed by atoms with Gasteiger partial charge in [0.1, 0.15) is 5.52 Å². The van der Waals surface area contributed by atoms with E-state index in [1.807, 2.05) is 24.3 Å². The molecule has 0 aliphatic carbocycles. The molecule has 0 unspecified atom stereocenters. The van der Waals surface area contributed by atoms with Gasteiger partial charge in [-0.3, -0.25) is 4.70 Å². The molecule has 2 rings (SSSR count). The van der Waals surface area contributed by atoms with Crippen molar-refractivity contribution >= 4 is 19.5 Å². The zero-order valence-corrected chi connectivity index (χ0v) is 5.15. The molecule has 0 spiro atoms. The third-order valence-corrected chi connectivity index (χ3v) is 1.24. The summed E-state index contributed by atoms with van der Waals surface area (Å²) in [4.78, 5) is 3.95. The standard InChI is InChI=1S/C7H5NO.BH3.FH/c1-2-4-7-6(3-1)8-5-9-7;;/h1-5H;1H3;1H. The average molecular weight is 153 g/mol. The fourth-order valence-electron chi connectivity index (χ4n) is 0.803. The molecule has 0 saturated heterocycles. The number of oxazole rings is 1. The molecule has 4 heteroatoms. The largest absolute Gasteiger partial charge is 0.443 e. The molecule has 0 fully saturated rings. The van der Waals surface area contributed by atoms with Gasteiger partial charge in [-0.05, 0) is 12.1 Å². The number of fused-ring (bicyclic) bond motifs is 1. The Morgan fingerprint density at radius 1 is 1.18 bits per heavy atom. The van der Waals surface area contributed by atoms with Crippen LogP contribution in [0.2, 0.25) is 0 Å². The van der Waals surface area contributed by atoms with E-state index in [-0.39, 0.29) is 13.1 Å². The van der Waals surface area contributed by atoms with Crippen LogP contribution in [0.4, 0.5) is 4.70 Å². The predicted molar refractivity (Wildman–Crippen MR) is 46.5 cm³/mol. The van der Waals surface area contributed by atoms with Crippen LogP contribution in [0, 0.1) is 0 Å². The summed E-state index contributed by atoms with van der Waals surface area (Å²) in [5, 5.41) is 0. The van der Waals surface area contributed by atoms with Gasteiger partial charge < -0.3 is 4.42 Å². The molecule has 11 heavy (non-hydrogen) atoms. The average Bonchev–Trinajstić information content (AvgIpc) is 2.33. The normalized spacial score (nSPS) is 8.36. The maximum absolute atomic E-state index is 5.01. The quantitative estimate of drug-likeness (QED) is 0.523. The van der Waals surface area contributed by atoms with E-state index in [1.54, 1.807) is 0 Å². The number of benzene rings is 1. The molecular weight excluding hydrogens is 144 g/mol. The van der Waals surface area contributed by atoms with E-state index in [0.29, 0.717) is 0 Å². The third-order valence-electron chi connectivity index (χ3n) is 1.24. The molecule has 0 saturated carbocycles. The molecule has 0 radical (unpaired) electrons. The summed E-state index contributed by atoms with van der Waals surface area (Å²) < 4.78 is 5.01. The van der Waals surface area contributed by atoms with Crippen molar-refractivity contribution in [1.82, 2.24) is 4.98 Å². The molecule has 58 valence electrons. The maximum Gasteiger partial charge on any atom is 0.181 e. The molecule has 1 aromatic carbocycles. The smallest absolute Gasteiger partial charge is 0.181 e. The van der Waals surface area contributed by atoms with Crippen LogP contribution in [0.25, 0.3) is 11.1 Å². The van der Waals surface area contributed by atoms with Gasteiger partial charge in [-0.2, -0.15) is 0 Å². The molecule has 2 nitrogen and oxygen atoms in total. The molecule has 1 heterocycles. The molecule has 0 amide bonds. The lowest BCUT2D eigenvalue weighted by molar-refractivity contribution is 0.602. The van der Waals surface area contributed by atoms with E-state index in [4.69, 9.17) is 4.42 Å². The van der Waals surface area contributed by atoms with E-state index in [9.17, 15) is 0 Å². The van der Waals surface area contributed by atoms with Crippen LogP contribution in [-0.4, -0.2) is 13.4 Å². The summed E-state index contributed by atoms with van der Waals surface area (Å²) in [6.07, 6.45) is 1.45. The summed E-state index contributed by atoms with van der Waals surface area (Å²) in [5.41, 5.74) is 1.76. The SMILES string of the molecule is B.F.c1ccc2ocnc2c1. The van der Waals surface area contributed by atoms with Crippen LogP contribution in [-0.2, 0) is 0 Å². The molecule has 0 aliphatic rings. The molecule has 0 bridgehead atoms. The highest BCUT2D eigenvalue weighted by molar-refractivity contribution is 5.75. The van der Waals surface area contributed by atoms with Crippen LogP contribution in [0.5, 0.6) is 0 Å². The van der Waals surface area contributed by atoms with Crippen molar-refractivity contribution in [3.8, 4) is 0 Å². The highest BCUT2D eigenvalue weighted by Crippen LogP contribution is 2.09. The monoisotopic (exact) mass is 153 g/mol. The van der Waals surface area contributed by atoms with E-state index in [1.165, 1.54) is 6.39 Å². The Kier molecular flexibility index (Phi) is 3.31. The predicted octanol–water partition coefficient (Wildman–Crippen LogP) is 0.796. The minimum absolute atomic E-state index is 0. The number of nitrogens with zero attached hydrogens (tertiary/aromatic N) is 1. The maximum atomic E-state index is 5.01. The second-order valence-corrected chi connectivity index (χ2v) is 1.82. The number of para-hydroxylation sites is 2. The summed E-state index contributed by atoms with van der Waals surface area (Å²) in [7, 11) is 0. The zero-order chi connectivity index (χ0) is 6.10. The molecule has 2 aromatic rings. The summed E-state index contributed by atoms with van der Waals surface area (Å²) in [5.74, 6) is 0. The Hall–Kier alpha value is -1.32. The first-order valence-corrected chi connectivity index (χ1v) is 2.75. The van der Waals surface area contributed by atoms with Crippen molar-refractivity contribution < 1.29 is 9.12 Å². The molecule has 0 N–H and O–H groups in total. The lowest BCUT2D eigenvalue weighted by atomic mass is 10.3. The first-order chi connectivity index (χ1) is 4.47. The summed E-state index contributed by atoms with van der Waals surface area (Å²) >= 11 is 0. The minimum Gasteiger partial charge on any atom is -0.443 e. The van der Waals surface area contributed by atoms with E-state index in [0.717, 1.165) is 11.1 Å². The summed E-state index contributed by atoms with van der Waals surface area (Å²) in [6.45, 7) is 0. The second-order valence-electron chi connectivity index (χ2n) is 1.82. The third kappa shape index (κ3) is 1.58. The highest BCUT2D eigenvalue weighted by Gasteiger charge is 1.91.